The monoisotopic (exact) mass is 432 g/mol. The van der Waals surface area contributed by atoms with Crippen LogP contribution < -0.4 is 5.32 Å². The third kappa shape index (κ3) is 4.55. The molecule has 3 aromatic heterocycles. The van der Waals surface area contributed by atoms with E-state index in [1.807, 2.05) is 41.8 Å². The van der Waals surface area contributed by atoms with Gasteiger partial charge in [-0.3, -0.25) is 9.20 Å². The van der Waals surface area contributed by atoms with E-state index in [-0.39, 0.29) is 30.4 Å². The summed E-state index contributed by atoms with van der Waals surface area (Å²) in [7, 11) is 0. The fourth-order valence-corrected chi connectivity index (χ4v) is 2.90. The number of hydrogen-bond acceptors (Lipinski definition) is 3. The Morgan fingerprint density at radius 2 is 1.90 bits per heavy atom. The molecular formula is C21H19Cl2FN4O. The summed E-state index contributed by atoms with van der Waals surface area (Å²) < 4.78 is 16.5. The largest absolute Gasteiger partial charge is 0.306 e. The van der Waals surface area contributed by atoms with Crippen LogP contribution in [0.2, 0.25) is 0 Å². The molecular weight excluding hydrogens is 414 g/mol. The van der Waals surface area contributed by atoms with Gasteiger partial charge in [-0.2, -0.15) is 0 Å². The average molecular weight is 433 g/mol. The van der Waals surface area contributed by atoms with Gasteiger partial charge < -0.3 is 5.32 Å². The maximum Gasteiger partial charge on any atom is 0.259 e. The minimum Gasteiger partial charge on any atom is -0.306 e. The van der Waals surface area contributed by atoms with Crippen LogP contribution in [0.5, 0.6) is 0 Å². The Bertz CT molecular complexity index is 1130. The molecule has 4 aromatic rings. The topological polar surface area (TPSA) is 59.3 Å². The lowest BCUT2D eigenvalue weighted by Crippen LogP contribution is -2.14. The van der Waals surface area contributed by atoms with E-state index in [4.69, 9.17) is 0 Å². The van der Waals surface area contributed by atoms with E-state index in [0.717, 1.165) is 23.3 Å². The Balaban J connectivity index is 0.00000150. The van der Waals surface area contributed by atoms with Crippen LogP contribution in [0, 0.1) is 5.82 Å². The van der Waals surface area contributed by atoms with Crippen molar-refractivity contribution in [3.63, 3.8) is 0 Å². The van der Waals surface area contributed by atoms with Crippen molar-refractivity contribution >= 4 is 42.2 Å². The van der Waals surface area contributed by atoms with Gasteiger partial charge in [0.05, 0.1) is 17.5 Å². The van der Waals surface area contributed by atoms with Crippen LogP contribution in [-0.4, -0.2) is 20.3 Å². The van der Waals surface area contributed by atoms with Crippen molar-refractivity contribution in [3.8, 4) is 11.3 Å². The number of carbonyl (C=O) groups excluding carboxylic acids is 1. The highest BCUT2D eigenvalue weighted by atomic mass is 35.5. The number of hydrogen-bond donors (Lipinski definition) is 1. The molecule has 0 aliphatic rings. The zero-order chi connectivity index (χ0) is 18.8. The zero-order valence-corrected chi connectivity index (χ0v) is 17.1. The van der Waals surface area contributed by atoms with Crippen LogP contribution >= 0.6 is 24.8 Å². The van der Waals surface area contributed by atoms with Gasteiger partial charge in [0.2, 0.25) is 0 Å². The molecule has 8 heteroatoms. The van der Waals surface area contributed by atoms with Crippen LogP contribution in [0.15, 0.2) is 67.1 Å². The number of nitrogens with zero attached hydrogens (tertiary/aromatic N) is 3. The molecule has 0 spiro atoms. The normalized spacial score (nSPS) is 10.1. The highest BCUT2D eigenvalue weighted by molar-refractivity contribution is 6.04. The third-order valence-electron chi connectivity index (χ3n) is 4.40. The van der Waals surface area contributed by atoms with E-state index in [1.165, 1.54) is 12.1 Å². The van der Waals surface area contributed by atoms with Crippen molar-refractivity contribution in [2.75, 3.05) is 5.32 Å². The molecule has 5 nitrogen and oxygen atoms in total. The van der Waals surface area contributed by atoms with E-state index in [1.54, 1.807) is 24.5 Å². The van der Waals surface area contributed by atoms with Crippen LogP contribution in [0.1, 0.15) is 22.8 Å². The second kappa shape index (κ2) is 9.49. The van der Waals surface area contributed by atoms with Crippen LogP contribution in [0.4, 0.5) is 10.2 Å². The van der Waals surface area contributed by atoms with Crippen molar-refractivity contribution in [3.05, 3.63) is 84.1 Å². The number of amides is 1. The predicted octanol–water partition coefficient (Wildman–Crippen LogP) is 5.19. The first-order valence-corrected chi connectivity index (χ1v) is 8.64. The molecule has 1 N–H and O–H groups in total. The molecule has 29 heavy (non-hydrogen) atoms. The van der Waals surface area contributed by atoms with Crippen molar-refractivity contribution in [2.24, 2.45) is 0 Å². The number of halogens is 3. The summed E-state index contributed by atoms with van der Waals surface area (Å²) in [6.07, 6.45) is 6.10. The SMILES string of the molecule is CCc1ccc(NC(=O)c2ccc(-c3cnc4ccccn34)cc2F)nc1.Cl.Cl. The lowest BCUT2D eigenvalue weighted by atomic mass is 10.1. The highest BCUT2D eigenvalue weighted by Crippen LogP contribution is 2.23. The Kier molecular flexibility index (Phi) is 7.31. The molecule has 1 amide bonds. The van der Waals surface area contributed by atoms with Gasteiger partial charge in [-0.15, -0.1) is 24.8 Å². The highest BCUT2D eigenvalue weighted by Gasteiger charge is 2.15. The predicted molar refractivity (Wildman–Crippen MR) is 117 cm³/mol. The van der Waals surface area contributed by atoms with Gasteiger partial charge in [0.1, 0.15) is 17.3 Å². The van der Waals surface area contributed by atoms with Gasteiger partial charge in [0.15, 0.2) is 0 Å². The van der Waals surface area contributed by atoms with E-state index < -0.39 is 11.7 Å². The Morgan fingerprint density at radius 1 is 1.07 bits per heavy atom. The number of aromatic nitrogens is 3. The average Bonchev–Trinajstić information content (AvgIpc) is 3.12. The molecule has 4 rings (SSSR count). The van der Waals surface area contributed by atoms with Crippen molar-refractivity contribution in [2.45, 2.75) is 13.3 Å². The number of carbonyl (C=O) groups is 1. The quantitative estimate of drug-likeness (QED) is 0.482. The summed E-state index contributed by atoms with van der Waals surface area (Å²) in [5.74, 6) is -0.738. The summed E-state index contributed by atoms with van der Waals surface area (Å²) in [5.41, 5.74) is 3.21. The molecule has 3 heterocycles. The summed E-state index contributed by atoms with van der Waals surface area (Å²) in [6, 6.07) is 13.8. The lowest BCUT2D eigenvalue weighted by molar-refractivity contribution is 0.102. The molecule has 0 aliphatic heterocycles. The Hall–Kier alpha value is -2.96. The number of pyridine rings is 2. The number of nitrogens with one attached hydrogen (secondary N) is 1. The molecule has 0 aliphatic carbocycles. The first-order valence-electron chi connectivity index (χ1n) is 8.64. The summed E-state index contributed by atoms with van der Waals surface area (Å²) in [6.45, 7) is 2.02. The number of fused-ring (bicyclic) bond motifs is 1. The van der Waals surface area contributed by atoms with E-state index >= 15 is 0 Å². The number of aryl methyl sites for hydroxylation is 1. The minimum atomic E-state index is -0.596. The fraction of sp³-hybridized carbons (Fsp3) is 0.0952. The van der Waals surface area contributed by atoms with Crippen LogP contribution in [0.25, 0.3) is 16.9 Å². The first-order chi connectivity index (χ1) is 13.2. The van der Waals surface area contributed by atoms with Crippen LogP contribution in [-0.2, 0) is 6.42 Å². The standard InChI is InChI=1S/C21H17FN4O.2ClH/c1-2-14-6-9-19(23-12-14)25-21(27)16-8-7-15(11-17(16)22)18-13-24-20-5-3-4-10-26(18)20;;/h3-13H,2H2,1H3,(H,23,25,27);2*1H. The fourth-order valence-electron chi connectivity index (χ4n) is 2.90. The van der Waals surface area contributed by atoms with Gasteiger partial charge in [0.25, 0.3) is 5.91 Å². The molecule has 0 radical (unpaired) electrons. The van der Waals surface area contributed by atoms with Gasteiger partial charge in [-0.05, 0) is 42.3 Å². The van der Waals surface area contributed by atoms with Crippen molar-refractivity contribution < 1.29 is 9.18 Å². The van der Waals surface area contributed by atoms with E-state index in [9.17, 15) is 9.18 Å². The van der Waals surface area contributed by atoms with Gasteiger partial charge in [-0.25, -0.2) is 14.4 Å². The van der Waals surface area contributed by atoms with E-state index in [2.05, 4.69) is 15.3 Å². The second-order valence-corrected chi connectivity index (χ2v) is 6.13. The molecule has 0 fully saturated rings. The van der Waals surface area contributed by atoms with Gasteiger partial charge in [-0.1, -0.05) is 25.1 Å². The molecule has 0 bridgehead atoms. The van der Waals surface area contributed by atoms with Crippen molar-refractivity contribution in [1.29, 1.82) is 0 Å². The minimum absolute atomic E-state index is 0. The maximum atomic E-state index is 14.6. The zero-order valence-electron chi connectivity index (χ0n) is 15.5. The third-order valence-corrected chi connectivity index (χ3v) is 4.40. The lowest BCUT2D eigenvalue weighted by Gasteiger charge is -2.08. The first kappa shape index (κ1) is 22.3. The summed E-state index contributed by atoms with van der Waals surface area (Å²) in [5, 5.41) is 2.63. The Morgan fingerprint density at radius 3 is 2.59 bits per heavy atom. The number of imidazole rings is 1. The molecule has 150 valence electrons. The molecule has 0 atom stereocenters. The van der Waals surface area contributed by atoms with Gasteiger partial charge in [0, 0.05) is 18.0 Å². The molecule has 1 aromatic carbocycles. The molecule has 0 saturated heterocycles. The van der Waals surface area contributed by atoms with Crippen LogP contribution in [0.3, 0.4) is 0 Å². The summed E-state index contributed by atoms with van der Waals surface area (Å²) >= 11 is 0. The Labute approximate surface area is 179 Å². The second-order valence-electron chi connectivity index (χ2n) is 6.13. The van der Waals surface area contributed by atoms with E-state index in [0.29, 0.717) is 11.4 Å². The summed E-state index contributed by atoms with van der Waals surface area (Å²) in [4.78, 5) is 20.9. The number of benzene rings is 1. The molecule has 0 saturated carbocycles. The number of anilines is 1. The van der Waals surface area contributed by atoms with Crippen molar-refractivity contribution in [1.82, 2.24) is 14.4 Å². The number of rotatable bonds is 4. The maximum absolute atomic E-state index is 14.6. The molecule has 0 unspecified atom stereocenters. The smallest absolute Gasteiger partial charge is 0.259 e. The van der Waals surface area contributed by atoms with Gasteiger partial charge >= 0.3 is 0 Å².